The molecule has 0 unspecified atom stereocenters. The summed E-state index contributed by atoms with van der Waals surface area (Å²) in [6.45, 7) is 5.05. The molecule has 1 aliphatic heterocycles. The number of nitrogens with one attached hydrogen (secondary N) is 1. The quantitative estimate of drug-likeness (QED) is 0.665. The van der Waals surface area contributed by atoms with Gasteiger partial charge in [-0.2, -0.15) is 0 Å². The Bertz CT molecular complexity index is 396. The fourth-order valence-electron chi connectivity index (χ4n) is 2.28. The van der Waals surface area contributed by atoms with Gasteiger partial charge >= 0.3 is 5.97 Å². The largest absolute Gasteiger partial charge is 0.467 e. The zero-order valence-electron chi connectivity index (χ0n) is 12.3. The number of hydrogen-bond donors (Lipinski definition) is 2. The molecular weight excluding hydrogens is 264 g/mol. The maximum atomic E-state index is 12.2. The van der Waals surface area contributed by atoms with Crippen molar-refractivity contribution >= 4 is 17.8 Å². The third-order valence-corrected chi connectivity index (χ3v) is 3.41. The average Bonchev–Trinajstić information content (AvgIpc) is 2.76. The van der Waals surface area contributed by atoms with E-state index < -0.39 is 30.1 Å². The Balaban J connectivity index is 2.78. The first kappa shape index (κ1) is 16.4. The molecule has 0 spiro atoms. The second-order valence-corrected chi connectivity index (χ2v) is 5.33. The van der Waals surface area contributed by atoms with Gasteiger partial charge in [0.25, 0.3) is 0 Å². The number of esters is 1. The van der Waals surface area contributed by atoms with E-state index in [9.17, 15) is 19.5 Å². The van der Waals surface area contributed by atoms with Crippen LogP contribution >= 0.6 is 0 Å². The Morgan fingerprint density at radius 2 is 1.95 bits per heavy atom. The van der Waals surface area contributed by atoms with Crippen molar-refractivity contribution < 1.29 is 24.2 Å². The topological polar surface area (TPSA) is 95.9 Å². The van der Waals surface area contributed by atoms with E-state index in [1.807, 2.05) is 0 Å². The molecule has 1 aliphatic rings. The predicted molar refractivity (Wildman–Crippen MR) is 70.6 cm³/mol. The molecule has 1 saturated heterocycles. The SMILES string of the molecule is COC(=O)[C@@H](NC(=O)[C@@H]1C[C@@H](O)CN1C(C)=O)C(C)C. The molecule has 0 saturated carbocycles. The minimum Gasteiger partial charge on any atom is -0.467 e. The van der Waals surface area contributed by atoms with Crippen molar-refractivity contribution in [3.63, 3.8) is 0 Å². The van der Waals surface area contributed by atoms with Gasteiger partial charge in [0.15, 0.2) is 0 Å². The van der Waals surface area contributed by atoms with Gasteiger partial charge in [0.1, 0.15) is 12.1 Å². The number of hydrogen-bond acceptors (Lipinski definition) is 5. The van der Waals surface area contributed by atoms with Crippen LogP contribution in [0, 0.1) is 5.92 Å². The molecular formula is C13H22N2O5. The Morgan fingerprint density at radius 1 is 1.35 bits per heavy atom. The van der Waals surface area contributed by atoms with Crippen molar-refractivity contribution in [1.82, 2.24) is 10.2 Å². The Hall–Kier alpha value is -1.63. The number of aliphatic hydroxyl groups is 1. The summed E-state index contributed by atoms with van der Waals surface area (Å²) < 4.78 is 4.65. The van der Waals surface area contributed by atoms with E-state index in [2.05, 4.69) is 10.1 Å². The molecule has 1 heterocycles. The van der Waals surface area contributed by atoms with E-state index in [4.69, 9.17) is 0 Å². The summed E-state index contributed by atoms with van der Waals surface area (Å²) in [5.74, 6) is -1.38. The lowest BCUT2D eigenvalue weighted by atomic mass is 10.0. The number of methoxy groups -OCH3 is 1. The number of carbonyl (C=O) groups excluding carboxylic acids is 3. The second kappa shape index (κ2) is 6.69. The van der Waals surface area contributed by atoms with E-state index in [-0.39, 0.29) is 24.8 Å². The number of amides is 2. The highest BCUT2D eigenvalue weighted by Gasteiger charge is 2.39. The van der Waals surface area contributed by atoms with Gasteiger partial charge in [0.2, 0.25) is 11.8 Å². The van der Waals surface area contributed by atoms with Gasteiger partial charge < -0.3 is 20.1 Å². The lowest BCUT2D eigenvalue weighted by Gasteiger charge is -2.26. The molecule has 2 amide bonds. The standard InChI is InChI=1S/C13H22N2O5/c1-7(2)11(13(19)20-4)14-12(18)10-5-9(17)6-15(10)8(3)16/h7,9-11,17H,5-6H2,1-4H3,(H,14,18)/t9-,10+,11+/m1/s1. The van der Waals surface area contributed by atoms with E-state index in [1.54, 1.807) is 13.8 Å². The zero-order valence-corrected chi connectivity index (χ0v) is 12.3. The summed E-state index contributed by atoms with van der Waals surface area (Å²) in [7, 11) is 1.26. The Labute approximate surface area is 118 Å². The first-order valence-electron chi connectivity index (χ1n) is 6.61. The van der Waals surface area contributed by atoms with Crippen LogP contribution < -0.4 is 5.32 Å². The zero-order chi connectivity index (χ0) is 15.4. The average molecular weight is 286 g/mol. The molecule has 1 fully saturated rings. The van der Waals surface area contributed by atoms with Crippen LogP contribution in [-0.2, 0) is 19.1 Å². The highest BCUT2D eigenvalue weighted by atomic mass is 16.5. The van der Waals surface area contributed by atoms with Gasteiger partial charge in [-0.15, -0.1) is 0 Å². The maximum Gasteiger partial charge on any atom is 0.328 e. The van der Waals surface area contributed by atoms with E-state index in [1.165, 1.54) is 18.9 Å². The summed E-state index contributed by atoms with van der Waals surface area (Å²) in [4.78, 5) is 36.6. The summed E-state index contributed by atoms with van der Waals surface area (Å²) in [5.41, 5.74) is 0. The molecule has 0 aliphatic carbocycles. The number of aliphatic hydroxyl groups excluding tert-OH is 1. The van der Waals surface area contributed by atoms with Crippen LogP contribution in [0.4, 0.5) is 0 Å². The normalized spacial score (nSPS) is 23.6. The van der Waals surface area contributed by atoms with Gasteiger partial charge in [0.05, 0.1) is 13.2 Å². The van der Waals surface area contributed by atoms with Gasteiger partial charge in [-0.1, -0.05) is 13.8 Å². The summed E-state index contributed by atoms with van der Waals surface area (Å²) >= 11 is 0. The van der Waals surface area contributed by atoms with E-state index in [0.717, 1.165) is 0 Å². The molecule has 0 bridgehead atoms. The van der Waals surface area contributed by atoms with Crippen LogP contribution in [0.5, 0.6) is 0 Å². The third-order valence-electron chi connectivity index (χ3n) is 3.41. The Morgan fingerprint density at radius 3 is 2.40 bits per heavy atom. The molecule has 3 atom stereocenters. The number of ether oxygens (including phenoxy) is 1. The van der Waals surface area contributed by atoms with Gasteiger partial charge in [-0.3, -0.25) is 9.59 Å². The molecule has 7 nitrogen and oxygen atoms in total. The molecule has 0 aromatic rings. The number of nitrogens with zero attached hydrogens (tertiary/aromatic N) is 1. The summed E-state index contributed by atoms with van der Waals surface area (Å²) in [6, 6.07) is -1.51. The highest BCUT2D eigenvalue weighted by molar-refractivity contribution is 5.90. The molecule has 2 N–H and O–H groups in total. The molecule has 0 aromatic carbocycles. The third kappa shape index (κ3) is 3.69. The van der Waals surface area contributed by atoms with Crippen LogP contribution in [0.3, 0.4) is 0 Å². The van der Waals surface area contributed by atoms with Crippen LogP contribution in [0.1, 0.15) is 27.2 Å². The minimum absolute atomic E-state index is 0.136. The molecule has 7 heteroatoms. The van der Waals surface area contributed by atoms with Gasteiger partial charge in [0, 0.05) is 19.9 Å². The lowest BCUT2D eigenvalue weighted by molar-refractivity contribution is -0.147. The molecule has 1 rings (SSSR count). The number of rotatable bonds is 4. The van der Waals surface area contributed by atoms with Crippen molar-refractivity contribution in [2.45, 2.75) is 45.4 Å². The number of likely N-dealkylation sites (tertiary alicyclic amines) is 1. The first-order chi connectivity index (χ1) is 9.27. The first-order valence-corrected chi connectivity index (χ1v) is 6.61. The monoisotopic (exact) mass is 286 g/mol. The summed E-state index contributed by atoms with van der Waals surface area (Å²) in [5, 5.41) is 12.2. The Kier molecular flexibility index (Phi) is 5.50. The number of β-amino-alcohol motifs (C(OH)–C–C–N with tert-alkyl or cyclic N) is 1. The predicted octanol–water partition coefficient (Wildman–Crippen LogP) is -0.718. The van der Waals surface area contributed by atoms with Crippen LogP contribution in [-0.4, -0.2) is 59.6 Å². The van der Waals surface area contributed by atoms with Crippen LogP contribution in [0.25, 0.3) is 0 Å². The van der Waals surface area contributed by atoms with Gasteiger partial charge in [-0.05, 0) is 5.92 Å². The van der Waals surface area contributed by atoms with E-state index >= 15 is 0 Å². The fraction of sp³-hybridized carbons (Fsp3) is 0.769. The minimum atomic E-state index is -0.765. The molecule has 20 heavy (non-hydrogen) atoms. The molecule has 0 radical (unpaired) electrons. The summed E-state index contributed by atoms with van der Waals surface area (Å²) in [6.07, 6.45) is -0.539. The molecule has 114 valence electrons. The van der Waals surface area contributed by atoms with Gasteiger partial charge in [-0.25, -0.2) is 4.79 Å². The smallest absolute Gasteiger partial charge is 0.328 e. The highest BCUT2D eigenvalue weighted by Crippen LogP contribution is 2.19. The number of carbonyl (C=O) groups is 3. The maximum absolute atomic E-state index is 12.2. The van der Waals surface area contributed by atoms with Crippen molar-refractivity contribution in [2.24, 2.45) is 5.92 Å². The van der Waals surface area contributed by atoms with Crippen molar-refractivity contribution in [3.05, 3.63) is 0 Å². The van der Waals surface area contributed by atoms with Crippen molar-refractivity contribution in [1.29, 1.82) is 0 Å². The lowest BCUT2D eigenvalue weighted by Crippen LogP contribution is -2.52. The van der Waals surface area contributed by atoms with Crippen LogP contribution in [0.15, 0.2) is 0 Å². The molecule has 0 aromatic heterocycles. The van der Waals surface area contributed by atoms with E-state index in [0.29, 0.717) is 0 Å². The van der Waals surface area contributed by atoms with Crippen molar-refractivity contribution in [2.75, 3.05) is 13.7 Å². The second-order valence-electron chi connectivity index (χ2n) is 5.33. The van der Waals surface area contributed by atoms with Crippen LogP contribution in [0.2, 0.25) is 0 Å². The van der Waals surface area contributed by atoms with Crippen molar-refractivity contribution in [3.8, 4) is 0 Å². The fourth-order valence-corrected chi connectivity index (χ4v) is 2.28.